The van der Waals surface area contributed by atoms with Crippen molar-refractivity contribution >= 4 is 0 Å². The number of halogens is 3. The Bertz CT molecular complexity index is 447. The summed E-state index contributed by atoms with van der Waals surface area (Å²) in [6.45, 7) is 1.99. The molecule has 2 unspecified atom stereocenters. The van der Waals surface area contributed by atoms with Crippen molar-refractivity contribution in [3.8, 4) is 5.75 Å². The number of benzene rings is 1. The molecule has 0 aliphatic heterocycles. The van der Waals surface area contributed by atoms with Crippen LogP contribution in [0.3, 0.4) is 0 Å². The summed E-state index contributed by atoms with van der Waals surface area (Å²) in [7, 11) is 0. The molecule has 19 heavy (non-hydrogen) atoms. The predicted molar refractivity (Wildman–Crippen MR) is 66.6 cm³/mol. The van der Waals surface area contributed by atoms with Crippen LogP contribution in [0.1, 0.15) is 38.2 Å². The lowest BCUT2D eigenvalue weighted by Gasteiger charge is -2.40. The molecule has 0 bridgehead atoms. The highest BCUT2D eigenvalue weighted by Gasteiger charge is 2.40. The molecule has 2 atom stereocenters. The lowest BCUT2D eigenvalue weighted by Crippen LogP contribution is -2.45. The molecule has 0 amide bonds. The number of nitrogens with two attached hydrogens (primary N) is 1. The first kappa shape index (κ1) is 14.2. The molecular formula is C14H18F3NO. The van der Waals surface area contributed by atoms with Gasteiger partial charge in [0.2, 0.25) is 0 Å². The smallest absolute Gasteiger partial charge is 0.405 e. The second-order valence-electron chi connectivity index (χ2n) is 5.23. The Morgan fingerprint density at radius 2 is 1.95 bits per heavy atom. The molecule has 2 rings (SSSR count). The van der Waals surface area contributed by atoms with Gasteiger partial charge in [-0.15, -0.1) is 13.2 Å². The van der Waals surface area contributed by atoms with E-state index in [1.54, 1.807) is 12.1 Å². The van der Waals surface area contributed by atoms with E-state index in [1.165, 1.54) is 12.1 Å². The van der Waals surface area contributed by atoms with Crippen molar-refractivity contribution in [3.63, 3.8) is 0 Å². The Kier molecular flexibility index (Phi) is 3.76. The Hall–Kier alpha value is -1.23. The van der Waals surface area contributed by atoms with Crippen molar-refractivity contribution in [1.29, 1.82) is 0 Å². The third-order valence-corrected chi connectivity index (χ3v) is 3.97. The van der Waals surface area contributed by atoms with Gasteiger partial charge < -0.3 is 10.5 Å². The summed E-state index contributed by atoms with van der Waals surface area (Å²) in [4.78, 5) is 0. The summed E-state index contributed by atoms with van der Waals surface area (Å²) >= 11 is 0. The van der Waals surface area contributed by atoms with Gasteiger partial charge in [-0.05, 0) is 24.8 Å². The fourth-order valence-corrected chi connectivity index (χ4v) is 2.84. The standard InChI is InChI=1S/C14H18F3NO/c1-10-6-4-5-9-13(10,18)11-7-2-3-8-12(11)19-14(15,16)17/h2-3,7-8,10H,4-6,9,18H2,1H3. The van der Waals surface area contributed by atoms with E-state index in [0.717, 1.165) is 19.3 Å². The quantitative estimate of drug-likeness (QED) is 0.885. The first-order valence-corrected chi connectivity index (χ1v) is 6.47. The summed E-state index contributed by atoms with van der Waals surface area (Å²) in [5.41, 5.74) is 6.12. The SMILES string of the molecule is CC1CCCCC1(N)c1ccccc1OC(F)(F)F. The van der Waals surface area contributed by atoms with Crippen molar-refractivity contribution < 1.29 is 17.9 Å². The van der Waals surface area contributed by atoms with E-state index >= 15 is 0 Å². The minimum atomic E-state index is -4.69. The predicted octanol–water partition coefficient (Wildman–Crippen LogP) is 3.95. The van der Waals surface area contributed by atoms with Gasteiger partial charge in [-0.25, -0.2) is 0 Å². The summed E-state index contributed by atoms with van der Waals surface area (Å²) in [6.07, 6.45) is -1.07. The van der Waals surface area contributed by atoms with Gasteiger partial charge in [0.1, 0.15) is 5.75 Å². The molecule has 1 aromatic carbocycles. The normalized spacial score (nSPS) is 28.2. The van der Waals surface area contributed by atoms with E-state index in [4.69, 9.17) is 5.73 Å². The fourth-order valence-electron chi connectivity index (χ4n) is 2.84. The summed E-state index contributed by atoms with van der Waals surface area (Å²) in [5, 5.41) is 0. The zero-order valence-corrected chi connectivity index (χ0v) is 10.8. The maximum Gasteiger partial charge on any atom is 0.573 e. The molecule has 1 aromatic rings. The van der Waals surface area contributed by atoms with E-state index in [0.29, 0.717) is 12.0 Å². The van der Waals surface area contributed by atoms with Gasteiger partial charge in [-0.2, -0.15) is 0 Å². The third kappa shape index (κ3) is 3.03. The summed E-state index contributed by atoms with van der Waals surface area (Å²) in [6, 6.07) is 6.21. The van der Waals surface area contributed by atoms with Gasteiger partial charge in [0.05, 0.1) is 0 Å². The largest absolute Gasteiger partial charge is 0.573 e. The maximum absolute atomic E-state index is 12.4. The minimum absolute atomic E-state index is 0.138. The van der Waals surface area contributed by atoms with Gasteiger partial charge in [0.25, 0.3) is 0 Å². The number of para-hydroxylation sites is 1. The van der Waals surface area contributed by atoms with E-state index in [2.05, 4.69) is 4.74 Å². The lowest BCUT2D eigenvalue weighted by molar-refractivity contribution is -0.275. The number of hydrogen-bond donors (Lipinski definition) is 1. The van der Waals surface area contributed by atoms with Crippen LogP contribution in [0.5, 0.6) is 5.75 Å². The molecule has 0 saturated heterocycles. The highest BCUT2D eigenvalue weighted by atomic mass is 19.4. The van der Waals surface area contributed by atoms with Crippen LogP contribution < -0.4 is 10.5 Å². The molecule has 106 valence electrons. The fraction of sp³-hybridized carbons (Fsp3) is 0.571. The molecular weight excluding hydrogens is 255 g/mol. The molecule has 1 aliphatic carbocycles. The van der Waals surface area contributed by atoms with E-state index in [9.17, 15) is 13.2 Å². The topological polar surface area (TPSA) is 35.2 Å². The Balaban J connectivity index is 2.38. The van der Waals surface area contributed by atoms with Crippen LogP contribution in [0.4, 0.5) is 13.2 Å². The Morgan fingerprint density at radius 1 is 1.26 bits per heavy atom. The molecule has 1 saturated carbocycles. The molecule has 2 N–H and O–H groups in total. The summed E-state index contributed by atoms with van der Waals surface area (Å²) < 4.78 is 41.5. The van der Waals surface area contributed by atoms with E-state index in [1.807, 2.05) is 6.92 Å². The van der Waals surface area contributed by atoms with Crippen molar-refractivity contribution in [1.82, 2.24) is 0 Å². The van der Waals surface area contributed by atoms with Crippen LogP contribution >= 0.6 is 0 Å². The third-order valence-electron chi connectivity index (χ3n) is 3.97. The van der Waals surface area contributed by atoms with Crippen LogP contribution in [-0.2, 0) is 5.54 Å². The molecule has 0 aromatic heterocycles. The van der Waals surface area contributed by atoms with Gasteiger partial charge in [-0.1, -0.05) is 38.0 Å². The monoisotopic (exact) mass is 273 g/mol. The average Bonchev–Trinajstić information content (AvgIpc) is 2.32. The lowest BCUT2D eigenvalue weighted by atomic mass is 9.70. The van der Waals surface area contributed by atoms with Gasteiger partial charge >= 0.3 is 6.36 Å². The van der Waals surface area contributed by atoms with Gasteiger partial charge in [0, 0.05) is 11.1 Å². The number of hydrogen-bond acceptors (Lipinski definition) is 2. The van der Waals surface area contributed by atoms with Crippen molar-refractivity contribution in [2.75, 3.05) is 0 Å². The first-order valence-electron chi connectivity index (χ1n) is 6.47. The Morgan fingerprint density at radius 3 is 2.58 bits per heavy atom. The zero-order chi connectivity index (χ0) is 14.1. The first-order chi connectivity index (χ1) is 8.83. The van der Waals surface area contributed by atoms with Crippen LogP contribution in [0, 0.1) is 5.92 Å². The maximum atomic E-state index is 12.4. The number of alkyl halides is 3. The van der Waals surface area contributed by atoms with E-state index < -0.39 is 11.9 Å². The second kappa shape index (κ2) is 5.04. The molecule has 0 radical (unpaired) electrons. The van der Waals surface area contributed by atoms with Gasteiger partial charge in [0.15, 0.2) is 0 Å². The molecule has 0 heterocycles. The molecule has 0 spiro atoms. The highest BCUT2D eigenvalue weighted by molar-refractivity contribution is 5.40. The molecule has 5 heteroatoms. The van der Waals surface area contributed by atoms with Crippen LogP contribution in [0.2, 0.25) is 0 Å². The molecule has 1 fully saturated rings. The molecule has 2 nitrogen and oxygen atoms in total. The average molecular weight is 273 g/mol. The number of rotatable bonds is 2. The molecule has 1 aliphatic rings. The van der Waals surface area contributed by atoms with Crippen LogP contribution in [0.15, 0.2) is 24.3 Å². The van der Waals surface area contributed by atoms with Crippen molar-refractivity contribution in [3.05, 3.63) is 29.8 Å². The second-order valence-corrected chi connectivity index (χ2v) is 5.23. The van der Waals surface area contributed by atoms with Crippen LogP contribution in [-0.4, -0.2) is 6.36 Å². The Labute approximate surface area is 110 Å². The van der Waals surface area contributed by atoms with E-state index in [-0.39, 0.29) is 11.7 Å². The zero-order valence-electron chi connectivity index (χ0n) is 10.8. The van der Waals surface area contributed by atoms with Crippen LogP contribution in [0.25, 0.3) is 0 Å². The van der Waals surface area contributed by atoms with Crippen molar-refractivity contribution in [2.45, 2.75) is 44.5 Å². The van der Waals surface area contributed by atoms with Crippen molar-refractivity contribution in [2.24, 2.45) is 11.7 Å². The highest BCUT2D eigenvalue weighted by Crippen LogP contribution is 2.43. The number of ether oxygens (including phenoxy) is 1. The minimum Gasteiger partial charge on any atom is -0.405 e. The van der Waals surface area contributed by atoms with Gasteiger partial charge in [-0.3, -0.25) is 0 Å². The summed E-state index contributed by atoms with van der Waals surface area (Å²) in [5.74, 6) is -0.0366.